The van der Waals surface area contributed by atoms with Gasteiger partial charge in [-0.2, -0.15) is 0 Å². The smallest absolute Gasteiger partial charge is 0.255 e. The summed E-state index contributed by atoms with van der Waals surface area (Å²) in [7, 11) is 0. The van der Waals surface area contributed by atoms with Crippen molar-refractivity contribution in [3.8, 4) is 5.69 Å². The molecule has 3 aromatic heterocycles. The lowest BCUT2D eigenvalue weighted by molar-refractivity contribution is 0.237. The van der Waals surface area contributed by atoms with Gasteiger partial charge in [0.2, 0.25) is 0 Å². The molecule has 0 aromatic carbocycles. The average molecular weight is 321 g/mol. The Kier molecular flexibility index (Phi) is 3.74. The fraction of sp³-hybridized carbons (Fsp3) is 0.278. The average Bonchev–Trinajstić information content (AvgIpc) is 3.04. The molecular formula is C18H19N5O. The number of aromatic amines is 1. The molecule has 0 radical (unpaired) electrons. The van der Waals surface area contributed by atoms with E-state index in [1.165, 1.54) is 5.69 Å². The Morgan fingerprint density at radius 1 is 1.29 bits per heavy atom. The van der Waals surface area contributed by atoms with E-state index in [2.05, 4.69) is 30.5 Å². The van der Waals surface area contributed by atoms with E-state index in [0.717, 1.165) is 36.5 Å². The lowest BCUT2D eigenvalue weighted by atomic mass is 10.1. The lowest BCUT2D eigenvalue weighted by Gasteiger charge is -2.28. The molecule has 0 amide bonds. The summed E-state index contributed by atoms with van der Waals surface area (Å²) in [6, 6.07) is 8.13. The molecule has 1 aliphatic rings. The van der Waals surface area contributed by atoms with E-state index in [1.54, 1.807) is 6.20 Å². The van der Waals surface area contributed by atoms with Gasteiger partial charge < -0.3 is 9.55 Å². The number of pyridine rings is 1. The first-order valence-corrected chi connectivity index (χ1v) is 8.08. The number of hydrogen-bond donors (Lipinski definition) is 1. The van der Waals surface area contributed by atoms with E-state index in [4.69, 9.17) is 0 Å². The van der Waals surface area contributed by atoms with Gasteiger partial charge in [-0.3, -0.25) is 14.7 Å². The molecule has 0 fully saturated rings. The minimum Gasteiger partial charge on any atom is -0.318 e. The van der Waals surface area contributed by atoms with Gasteiger partial charge in [0.05, 0.1) is 23.1 Å². The Bertz CT molecular complexity index is 913. The van der Waals surface area contributed by atoms with Crippen molar-refractivity contribution < 1.29 is 0 Å². The zero-order chi connectivity index (χ0) is 16.5. The van der Waals surface area contributed by atoms with Crippen LogP contribution in [0, 0.1) is 6.92 Å². The van der Waals surface area contributed by atoms with Crippen LogP contribution in [0.1, 0.15) is 22.8 Å². The van der Waals surface area contributed by atoms with Gasteiger partial charge >= 0.3 is 0 Å². The van der Waals surface area contributed by atoms with Crippen LogP contribution in [0.15, 0.2) is 47.7 Å². The van der Waals surface area contributed by atoms with Crippen molar-refractivity contribution in [3.05, 3.63) is 76.0 Å². The Balaban J connectivity index is 1.58. The zero-order valence-electron chi connectivity index (χ0n) is 13.6. The molecule has 1 N–H and O–H groups in total. The van der Waals surface area contributed by atoms with Gasteiger partial charge in [0.1, 0.15) is 5.82 Å². The van der Waals surface area contributed by atoms with Crippen molar-refractivity contribution >= 4 is 0 Å². The largest absolute Gasteiger partial charge is 0.318 e. The third-order valence-corrected chi connectivity index (χ3v) is 4.41. The zero-order valence-corrected chi connectivity index (χ0v) is 13.6. The second-order valence-corrected chi connectivity index (χ2v) is 6.12. The maximum absolute atomic E-state index is 12.2. The minimum absolute atomic E-state index is 0.00941. The normalized spacial score (nSPS) is 14.5. The van der Waals surface area contributed by atoms with Crippen LogP contribution in [0.4, 0.5) is 0 Å². The maximum atomic E-state index is 12.2. The van der Waals surface area contributed by atoms with Gasteiger partial charge in [0.15, 0.2) is 0 Å². The third kappa shape index (κ3) is 2.76. The van der Waals surface area contributed by atoms with Crippen LogP contribution in [-0.4, -0.2) is 31.0 Å². The Labute approximate surface area is 139 Å². The summed E-state index contributed by atoms with van der Waals surface area (Å²) < 4.78 is 2.14. The number of nitrogens with zero attached hydrogens (tertiary/aromatic N) is 4. The van der Waals surface area contributed by atoms with Crippen LogP contribution >= 0.6 is 0 Å². The highest BCUT2D eigenvalue weighted by molar-refractivity contribution is 5.32. The van der Waals surface area contributed by atoms with E-state index >= 15 is 0 Å². The molecule has 0 saturated heterocycles. The summed E-state index contributed by atoms with van der Waals surface area (Å²) in [5.41, 5.74) is 3.96. The molecule has 0 saturated carbocycles. The standard InChI is InChI=1S/C18H19N5O/c1-13-20-17-6-9-22(12-16(17)18(24)21-13)11-15-5-3-8-23(15)14-4-2-7-19-10-14/h2-5,7-8,10H,6,9,11-12H2,1H3,(H,20,21,24). The molecule has 4 heterocycles. The molecule has 0 spiro atoms. The first-order valence-electron chi connectivity index (χ1n) is 8.08. The van der Waals surface area contributed by atoms with Gasteiger partial charge in [-0.15, -0.1) is 0 Å². The number of H-pyrrole nitrogens is 1. The summed E-state index contributed by atoms with van der Waals surface area (Å²) in [5, 5.41) is 0. The van der Waals surface area contributed by atoms with Crippen LogP contribution in [0.25, 0.3) is 5.69 Å². The van der Waals surface area contributed by atoms with E-state index < -0.39 is 0 Å². The maximum Gasteiger partial charge on any atom is 0.255 e. The predicted octanol–water partition coefficient (Wildman–Crippen LogP) is 1.82. The quantitative estimate of drug-likeness (QED) is 0.799. The monoisotopic (exact) mass is 321 g/mol. The van der Waals surface area contributed by atoms with Crippen LogP contribution in [0.5, 0.6) is 0 Å². The van der Waals surface area contributed by atoms with Crippen molar-refractivity contribution in [3.63, 3.8) is 0 Å². The van der Waals surface area contributed by atoms with Gasteiger partial charge in [0.25, 0.3) is 5.56 Å². The molecule has 4 rings (SSSR count). The third-order valence-electron chi connectivity index (χ3n) is 4.41. The fourth-order valence-electron chi connectivity index (χ4n) is 3.26. The van der Waals surface area contributed by atoms with Crippen molar-refractivity contribution in [2.24, 2.45) is 0 Å². The van der Waals surface area contributed by atoms with Crippen LogP contribution in [0.2, 0.25) is 0 Å². The van der Waals surface area contributed by atoms with Crippen LogP contribution in [0.3, 0.4) is 0 Å². The van der Waals surface area contributed by atoms with Crippen molar-refractivity contribution in [2.45, 2.75) is 26.4 Å². The fourth-order valence-corrected chi connectivity index (χ4v) is 3.26. The molecular weight excluding hydrogens is 302 g/mol. The summed E-state index contributed by atoms with van der Waals surface area (Å²) in [5.74, 6) is 0.692. The molecule has 0 atom stereocenters. The first kappa shape index (κ1) is 14.8. The van der Waals surface area contributed by atoms with Crippen molar-refractivity contribution in [2.75, 3.05) is 6.54 Å². The molecule has 24 heavy (non-hydrogen) atoms. The highest BCUT2D eigenvalue weighted by Gasteiger charge is 2.21. The van der Waals surface area contributed by atoms with Gasteiger partial charge in [-0.1, -0.05) is 0 Å². The highest BCUT2D eigenvalue weighted by atomic mass is 16.1. The number of rotatable bonds is 3. The minimum atomic E-state index is -0.00941. The topological polar surface area (TPSA) is 66.8 Å². The molecule has 122 valence electrons. The highest BCUT2D eigenvalue weighted by Crippen LogP contribution is 2.18. The number of aromatic nitrogens is 4. The Morgan fingerprint density at radius 3 is 3.04 bits per heavy atom. The van der Waals surface area contributed by atoms with Gasteiger partial charge in [0, 0.05) is 44.1 Å². The molecule has 0 aliphatic carbocycles. The van der Waals surface area contributed by atoms with Gasteiger partial charge in [-0.05, 0) is 31.2 Å². The Hall–Kier alpha value is -2.73. The predicted molar refractivity (Wildman–Crippen MR) is 91.0 cm³/mol. The van der Waals surface area contributed by atoms with E-state index in [9.17, 15) is 4.79 Å². The lowest BCUT2D eigenvalue weighted by Crippen LogP contribution is -2.36. The summed E-state index contributed by atoms with van der Waals surface area (Å²) >= 11 is 0. The summed E-state index contributed by atoms with van der Waals surface area (Å²) in [6.45, 7) is 4.15. The van der Waals surface area contributed by atoms with E-state index in [1.807, 2.05) is 37.5 Å². The van der Waals surface area contributed by atoms with Crippen LogP contribution in [-0.2, 0) is 19.5 Å². The molecule has 0 bridgehead atoms. The number of fused-ring (bicyclic) bond motifs is 1. The first-order chi connectivity index (χ1) is 11.7. The molecule has 1 aliphatic heterocycles. The van der Waals surface area contributed by atoms with E-state index in [-0.39, 0.29) is 5.56 Å². The van der Waals surface area contributed by atoms with E-state index in [0.29, 0.717) is 12.4 Å². The number of aryl methyl sites for hydroxylation is 1. The number of hydrogen-bond acceptors (Lipinski definition) is 4. The van der Waals surface area contributed by atoms with Crippen molar-refractivity contribution in [1.29, 1.82) is 0 Å². The SMILES string of the molecule is Cc1nc2c(c(=O)[nH]1)CN(Cc1cccn1-c1cccnc1)CC2. The molecule has 6 nitrogen and oxygen atoms in total. The second-order valence-electron chi connectivity index (χ2n) is 6.12. The molecule has 0 unspecified atom stereocenters. The van der Waals surface area contributed by atoms with Crippen LogP contribution < -0.4 is 5.56 Å². The summed E-state index contributed by atoms with van der Waals surface area (Å²) in [6.07, 6.45) is 6.48. The van der Waals surface area contributed by atoms with Gasteiger partial charge in [-0.25, -0.2) is 4.98 Å². The molecule has 3 aromatic rings. The molecule has 6 heteroatoms. The second kappa shape index (κ2) is 6.05. The van der Waals surface area contributed by atoms with Crippen molar-refractivity contribution in [1.82, 2.24) is 24.4 Å². The number of nitrogens with one attached hydrogen (secondary N) is 1. The Morgan fingerprint density at radius 2 is 2.21 bits per heavy atom. The summed E-state index contributed by atoms with van der Waals surface area (Å²) in [4.78, 5) is 25.9.